The number of ether oxygens (including phenoxy) is 1. The average Bonchev–Trinajstić information content (AvgIpc) is 3.21. The van der Waals surface area contributed by atoms with Crippen molar-refractivity contribution in [3.05, 3.63) is 113 Å². The fraction of sp³-hybridized carbons (Fsp3) is 0.182. The summed E-state index contributed by atoms with van der Waals surface area (Å²) >= 11 is 6.20. The van der Waals surface area contributed by atoms with Crippen molar-refractivity contribution in [1.82, 2.24) is 4.57 Å². The minimum absolute atomic E-state index is 0.00834. The quantitative estimate of drug-likeness (QED) is 0.219. The Kier molecular flexibility index (Phi) is 7.34. The van der Waals surface area contributed by atoms with E-state index in [0.717, 1.165) is 16.7 Å². The lowest BCUT2D eigenvalue weighted by molar-refractivity contribution is -0.274. The third-order valence-corrected chi connectivity index (χ3v) is 7.19. The Morgan fingerprint density at radius 3 is 2.07 bits per heavy atom. The first kappa shape index (κ1) is 28.3. The maximum absolute atomic E-state index is 12.8. The standard InChI is InChI=1S/C33H27ClF3NO3/c1-32(2,3)24-12-7-21(8-13-24)23-11-16-28-27(18-23)29(22-9-14-26(15-10-22)41-33(35,36)37)30(31(39)40)38(28)19-20-5-4-6-25(34)17-20/h4-18H,19H2,1-3H3,(H,39,40). The van der Waals surface area contributed by atoms with Gasteiger partial charge in [0, 0.05) is 28.0 Å². The minimum atomic E-state index is -4.84. The van der Waals surface area contributed by atoms with Crippen LogP contribution in [0.15, 0.2) is 91.0 Å². The summed E-state index contributed by atoms with van der Waals surface area (Å²) in [6.45, 7) is 6.65. The molecule has 1 heterocycles. The van der Waals surface area contributed by atoms with E-state index in [2.05, 4.69) is 37.6 Å². The van der Waals surface area contributed by atoms with E-state index in [9.17, 15) is 23.1 Å². The number of alkyl halides is 3. The van der Waals surface area contributed by atoms with Crippen molar-refractivity contribution < 1.29 is 27.8 Å². The molecule has 0 fully saturated rings. The van der Waals surface area contributed by atoms with Crippen LogP contribution in [-0.2, 0) is 12.0 Å². The summed E-state index contributed by atoms with van der Waals surface area (Å²) in [6, 6.07) is 26.4. The minimum Gasteiger partial charge on any atom is -0.477 e. The molecule has 41 heavy (non-hydrogen) atoms. The number of benzene rings is 4. The van der Waals surface area contributed by atoms with E-state index < -0.39 is 12.3 Å². The van der Waals surface area contributed by atoms with Gasteiger partial charge in [0.25, 0.3) is 0 Å². The van der Waals surface area contributed by atoms with Gasteiger partial charge in [0.05, 0.1) is 0 Å². The topological polar surface area (TPSA) is 51.5 Å². The van der Waals surface area contributed by atoms with Crippen LogP contribution in [0.5, 0.6) is 5.75 Å². The second-order valence-corrected chi connectivity index (χ2v) is 11.3. The molecule has 1 N–H and O–H groups in total. The molecule has 210 valence electrons. The highest BCUT2D eigenvalue weighted by Gasteiger charge is 2.31. The van der Waals surface area contributed by atoms with Crippen LogP contribution in [0.2, 0.25) is 5.02 Å². The number of carbonyl (C=O) groups is 1. The maximum atomic E-state index is 12.8. The number of hydrogen-bond donors (Lipinski definition) is 1. The number of nitrogens with zero attached hydrogens (tertiary/aromatic N) is 1. The Hall–Kier alpha value is -4.23. The summed E-state index contributed by atoms with van der Waals surface area (Å²) in [5.74, 6) is -1.55. The Labute approximate surface area is 240 Å². The van der Waals surface area contributed by atoms with Crippen molar-refractivity contribution in [3.8, 4) is 28.0 Å². The number of aromatic nitrogens is 1. The second kappa shape index (κ2) is 10.6. The third-order valence-electron chi connectivity index (χ3n) is 6.96. The third kappa shape index (κ3) is 6.10. The number of carboxylic acids is 1. The maximum Gasteiger partial charge on any atom is 0.573 e. The predicted molar refractivity (Wildman–Crippen MR) is 156 cm³/mol. The molecule has 0 atom stereocenters. The van der Waals surface area contributed by atoms with Crippen LogP contribution in [0.3, 0.4) is 0 Å². The van der Waals surface area contributed by atoms with Gasteiger partial charge in [-0.05, 0) is 69.6 Å². The first-order valence-corrected chi connectivity index (χ1v) is 13.3. The Morgan fingerprint density at radius 1 is 0.854 bits per heavy atom. The number of carboxylic acid groups (broad SMARTS) is 1. The number of halogens is 4. The number of rotatable bonds is 6. The Morgan fingerprint density at radius 2 is 1.49 bits per heavy atom. The fourth-order valence-electron chi connectivity index (χ4n) is 5.02. The predicted octanol–water partition coefficient (Wildman–Crippen LogP) is 9.57. The van der Waals surface area contributed by atoms with Crippen LogP contribution in [-0.4, -0.2) is 22.0 Å². The number of fused-ring (bicyclic) bond motifs is 1. The molecule has 0 aliphatic heterocycles. The van der Waals surface area contributed by atoms with E-state index in [1.165, 1.54) is 29.8 Å². The van der Waals surface area contributed by atoms with Gasteiger partial charge in [0.15, 0.2) is 0 Å². The lowest BCUT2D eigenvalue weighted by Crippen LogP contribution is -2.17. The molecular weight excluding hydrogens is 551 g/mol. The van der Waals surface area contributed by atoms with E-state index >= 15 is 0 Å². The molecule has 5 rings (SSSR count). The van der Waals surface area contributed by atoms with Crippen LogP contribution >= 0.6 is 11.6 Å². The lowest BCUT2D eigenvalue weighted by atomic mass is 9.86. The molecule has 0 saturated carbocycles. The van der Waals surface area contributed by atoms with E-state index in [-0.39, 0.29) is 23.4 Å². The van der Waals surface area contributed by atoms with Gasteiger partial charge in [-0.15, -0.1) is 13.2 Å². The molecule has 0 spiro atoms. The van der Waals surface area contributed by atoms with E-state index in [4.69, 9.17) is 11.6 Å². The Bertz CT molecular complexity index is 1730. The fourth-order valence-corrected chi connectivity index (χ4v) is 5.23. The highest BCUT2D eigenvalue weighted by Crippen LogP contribution is 2.39. The molecule has 4 aromatic carbocycles. The van der Waals surface area contributed by atoms with Crippen molar-refractivity contribution >= 4 is 28.5 Å². The average molecular weight is 578 g/mol. The van der Waals surface area contributed by atoms with Crippen molar-refractivity contribution in [1.29, 1.82) is 0 Å². The van der Waals surface area contributed by atoms with Gasteiger partial charge in [-0.2, -0.15) is 0 Å². The number of hydrogen-bond acceptors (Lipinski definition) is 2. The zero-order valence-electron chi connectivity index (χ0n) is 22.6. The van der Waals surface area contributed by atoms with Crippen molar-refractivity contribution in [3.63, 3.8) is 0 Å². The van der Waals surface area contributed by atoms with Gasteiger partial charge >= 0.3 is 12.3 Å². The molecule has 1 aromatic heterocycles. The molecule has 0 unspecified atom stereocenters. The van der Waals surface area contributed by atoms with Crippen LogP contribution in [0.25, 0.3) is 33.2 Å². The summed E-state index contributed by atoms with van der Waals surface area (Å²) in [4.78, 5) is 12.8. The van der Waals surface area contributed by atoms with Crippen LogP contribution in [0.1, 0.15) is 42.4 Å². The first-order valence-electron chi connectivity index (χ1n) is 12.9. The Balaban J connectivity index is 1.71. The molecule has 0 saturated heterocycles. The van der Waals surface area contributed by atoms with E-state index in [0.29, 0.717) is 27.1 Å². The van der Waals surface area contributed by atoms with Gasteiger partial charge in [0.2, 0.25) is 0 Å². The molecule has 4 nitrogen and oxygen atoms in total. The molecule has 0 amide bonds. The molecule has 5 aromatic rings. The molecule has 8 heteroatoms. The summed E-state index contributed by atoms with van der Waals surface area (Å²) in [7, 11) is 0. The summed E-state index contributed by atoms with van der Waals surface area (Å²) in [6.07, 6.45) is -4.84. The highest BCUT2D eigenvalue weighted by atomic mass is 35.5. The van der Waals surface area contributed by atoms with Gasteiger partial charge in [-0.3, -0.25) is 0 Å². The van der Waals surface area contributed by atoms with Crippen LogP contribution < -0.4 is 4.74 Å². The van der Waals surface area contributed by atoms with Gasteiger partial charge in [-0.1, -0.05) is 87.0 Å². The summed E-state index contributed by atoms with van der Waals surface area (Å²) in [5, 5.41) is 11.6. The first-order chi connectivity index (χ1) is 19.3. The summed E-state index contributed by atoms with van der Waals surface area (Å²) in [5.41, 5.74) is 5.36. The van der Waals surface area contributed by atoms with E-state index in [1.807, 2.05) is 36.4 Å². The van der Waals surface area contributed by atoms with Crippen molar-refractivity contribution in [2.45, 2.75) is 39.1 Å². The largest absolute Gasteiger partial charge is 0.573 e. The van der Waals surface area contributed by atoms with Gasteiger partial charge < -0.3 is 14.4 Å². The monoisotopic (exact) mass is 577 g/mol. The zero-order valence-corrected chi connectivity index (χ0v) is 23.3. The lowest BCUT2D eigenvalue weighted by Gasteiger charge is -2.19. The molecule has 0 aliphatic carbocycles. The van der Waals surface area contributed by atoms with Gasteiger partial charge in [-0.25, -0.2) is 4.79 Å². The molecule has 0 aliphatic rings. The van der Waals surface area contributed by atoms with Crippen LogP contribution in [0, 0.1) is 0 Å². The van der Waals surface area contributed by atoms with E-state index in [1.54, 1.807) is 22.8 Å². The van der Waals surface area contributed by atoms with Crippen molar-refractivity contribution in [2.75, 3.05) is 0 Å². The smallest absolute Gasteiger partial charge is 0.477 e. The number of aromatic carboxylic acids is 1. The normalized spacial score (nSPS) is 12.1. The molecule has 0 bridgehead atoms. The van der Waals surface area contributed by atoms with Gasteiger partial charge in [0.1, 0.15) is 11.4 Å². The van der Waals surface area contributed by atoms with Crippen molar-refractivity contribution in [2.24, 2.45) is 0 Å². The highest BCUT2D eigenvalue weighted by molar-refractivity contribution is 6.30. The summed E-state index contributed by atoms with van der Waals surface area (Å²) < 4.78 is 44.0. The second-order valence-electron chi connectivity index (χ2n) is 10.9. The molecular formula is C33H27ClF3NO3. The van der Waals surface area contributed by atoms with Crippen LogP contribution in [0.4, 0.5) is 13.2 Å². The SMILES string of the molecule is CC(C)(C)c1ccc(-c2ccc3c(c2)c(-c2ccc(OC(F)(F)F)cc2)c(C(=O)O)n3Cc2cccc(Cl)c2)cc1. The zero-order chi connectivity index (χ0) is 29.5. The molecule has 0 radical (unpaired) electrons.